The summed E-state index contributed by atoms with van der Waals surface area (Å²) in [6.07, 6.45) is -6.83. The van der Waals surface area contributed by atoms with Gasteiger partial charge in [0.15, 0.2) is 0 Å². The van der Waals surface area contributed by atoms with Gasteiger partial charge in [-0.25, -0.2) is 0 Å². The first-order chi connectivity index (χ1) is 13.3. The molecular weight excluding hydrogens is 431 g/mol. The highest BCUT2D eigenvalue weighted by molar-refractivity contribution is 8.00. The molecule has 2 aromatic rings. The molecule has 0 amide bonds. The fourth-order valence-electron chi connectivity index (χ4n) is 3.96. The van der Waals surface area contributed by atoms with Crippen molar-refractivity contribution in [2.45, 2.75) is 40.4 Å². The molecular formula is C19H11F9S. The number of halogens is 9. The van der Waals surface area contributed by atoms with Gasteiger partial charge in [0.1, 0.15) is 0 Å². The largest absolute Gasteiger partial charge is 0.460 e. The Morgan fingerprint density at radius 2 is 1.00 bits per heavy atom. The first-order valence-electron chi connectivity index (χ1n) is 8.35. The third kappa shape index (κ3) is 2.56. The Morgan fingerprint density at radius 1 is 0.586 bits per heavy atom. The summed E-state index contributed by atoms with van der Waals surface area (Å²) >= 11 is 0.296. The van der Waals surface area contributed by atoms with Crippen LogP contribution in [-0.4, -0.2) is 29.2 Å². The summed E-state index contributed by atoms with van der Waals surface area (Å²) in [5.74, 6) is -20.6. The zero-order chi connectivity index (χ0) is 21.4. The van der Waals surface area contributed by atoms with Crippen molar-refractivity contribution in [3.8, 4) is 0 Å². The first-order valence-corrected chi connectivity index (χ1v) is 9.30. The number of benzene rings is 2. The molecule has 0 saturated heterocycles. The van der Waals surface area contributed by atoms with Gasteiger partial charge in [0.25, 0.3) is 0 Å². The molecule has 0 unspecified atom stereocenters. The van der Waals surface area contributed by atoms with Gasteiger partial charge in [0.2, 0.25) is 0 Å². The Balaban J connectivity index is 1.87. The number of thioether (sulfide) groups is 1. The second-order valence-corrected chi connectivity index (χ2v) is 8.19. The van der Waals surface area contributed by atoms with Crippen LogP contribution < -0.4 is 0 Å². The number of hydrogen-bond donors (Lipinski definition) is 0. The molecule has 0 nitrogen and oxygen atoms in total. The van der Waals surface area contributed by atoms with E-state index in [4.69, 9.17) is 0 Å². The molecule has 2 bridgehead atoms. The van der Waals surface area contributed by atoms with E-state index >= 15 is 0 Å². The van der Waals surface area contributed by atoms with Gasteiger partial charge in [0.05, 0.1) is 10.5 Å². The zero-order valence-electron chi connectivity index (χ0n) is 14.2. The standard InChI is InChI=1S/C19H11F9S/c20-16(21,17(22,23)18(24,25)19(26,27)28)15-13-9-5-1-3-7-11(9)14(29-15)12-8-4-2-6-10(12)13/h1-8,13-15H/t13?,14?,15-/m1/s1. The summed E-state index contributed by atoms with van der Waals surface area (Å²) in [5.41, 5.74) is 1.56. The summed E-state index contributed by atoms with van der Waals surface area (Å²) in [4.78, 5) is 0. The Morgan fingerprint density at radius 3 is 1.41 bits per heavy atom. The lowest BCUT2D eigenvalue weighted by Crippen LogP contribution is -2.65. The molecule has 0 fully saturated rings. The highest BCUT2D eigenvalue weighted by atomic mass is 32.2. The lowest BCUT2D eigenvalue weighted by Gasteiger charge is -2.49. The fraction of sp³-hybridized carbons (Fsp3) is 0.368. The molecule has 2 aromatic carbocycles. The van der Waals surface area contributed by atoms with E-state index in [1.54, 1.807) is 24.3 Å². The van der Waals surface area contributed by atoms with Crippen LogP contribution in [0.25, 0.3) is 0 Å². The van der Waals surface area contributed by atoms with E-state index in [0.717, 1.165) is 0 Å². The van der Waals surface area contributed by atoms with Crippen molar-refractivity contribution >= 4 is 11.8 Å². The van der Waals surface area contributed by atoms with Crippen molar-refractivity contribution in [2.24, 2.45) is 0 Å². The summed E-state index contributed by atoms with van der Waals surface area (Å²) in [7, 11) is 0. The third-order valence-electron chi connectivity index (χ3n) is 5.34. The lowest BCUT2D eigenvalue weighted by molar-refractivity contribution is -0.396. The maximum absolute atomic E-state index is 14.8. The van der Waals surface area contributed by atoms with Gasteiger partial charge in [-0.3, -0.25) is 0 Å². The molecule has 3 aliphatic rings. The van der Waals surface area contributed by atoms with Crippen LogP contribution in [0, 0.1) is 0 Å². The predicted molar refractivity (Wildman–Crippen MR) is 88.8 cm³/mol. The molecule has 156 valence electrons. The summed E-state index contributed by atoms with van der Waals surface area (Å²) in [5, 5.41) is -3.38. The first kappa shape index (κ1) is 20.4. The number of hydrogen-bond acceptors (Lipinski definition) is 1. The molecule has 0 aromatic heterocycles. The zero-order valence-corrected chi connectivity index (χ0v) is 15.0. The van der Waals surface area contributed by atoms with Crippen LogP contribution in [0.4, 0.5) is 39.5 Å². The van der Waals surface area contributed by atoms with Gasteiger partial charge in [-0.05, 0) is 22.3 Å². The normalized spacial score (nSPS) is 24.2. The van der Waals surface area contributed by atoms with E-state index in [1.807, 2.05) is 0 Å². The second kappa shape index (κ2) is 6.09. The molecule has 5 rings (SSSR count). The van der Waals surface area contributed by atoms with Crippen molar-refractivity contribution in [1.29, 1.82) is 0 Å². The molecule has 2 heterocycles. The van der Waals surface area contributed by atoms with Gasteiger partial charge >= 0.3 is 23.9 Å². The molecule has 10 heteroatoms. The molecule has 0 N–H and O–H groups in total. The van der Waals surface area contributed by atoms with E-state index < -0.39 is 40.4 Å². The topological polar surface area (TPSA) is 0 Å². The molecule has 1 aliphatic carbocycles. The average molecular weight is 442 g/mol. The van der Waals surface area contributed by atoms with Gasteiger partial charge in [-0.2, -0.15) is 39.5 Å². The van der Waals surface area contributed by atoms with E-state index in [1.165, 1.54) is 24.3 Å². The minimum atomic E-state index is -6.89. The van der Waals surface area contributed by atoms with Crippen LogP contribution >= 0.6 is 11.8 Å². The van der Waals surface area contributed by atoms with Crippen LogP contribution in [0.1, 0.15) is 33.4 Å². The van der Waals surface area contributed by atoms with Gasteiger partial charge in [0, 0.05) is 5.92 Å². The predicted octanol–water partition coefficient (Wildman–Crippen LogP) is 6.80. The third-order valence-corrected chi connectivity index (χ3v) is 6.98. The lowest BCUT2D eigenvalue weighted by atomic mass is 9.73. The quantitative estimate of drug-likeness (QED) is 0.471. The fourth-order valence-corrected chi connectivity index (χ4v) is 5.74. The molecule has 0 spiro atoms. The van der Waals surface area contributed by atoms with E-state index in [2.05, 4.69) is 0 Å². The highest BCUT2D eigenvalue weighted by Crippen LogP contribution is 2.66. The highest BCUT2D eigenvalue weighted by Gasteiger charge is 2.83. The van der Waals surface area contributed by atoms with Crippen LogP contribution in [0.15, 0.2) is 48.5 Å². The smallest absolute Gasteiger partial charge is 0.198 e. The number of rotatable bonds is 3. The van der Waals surface area contributed by atoms with Crippen LogP contribution in [-0.2, 0) is 0 Å². The Labute approximate surface area is 163 Å². The Bertz CT molecular complexity index is 903. The maximum Gasteiger partial charge on any atom is 0.460 e. The van der Waals surface area contributed by atoms with E-state index in [-0.39, 0.29) is 11.1 Å². The minimum Gasteiger partial charge on any atom is -0.198 e. The number of fused-ring (bicyclic) bond motifs is 1. The minimum absolute atomic E-state index is 0.228. The average Bonchev–Trinajstić information content (AvgIpc) is 2.66. The van der Waals surface area contributed by atoms with E-state index in [9.17, 15) is 39.5 Å². The molecule has 2 aliphatic heterocycles. The van der Waals surface area contributed by atoms with Crippen LogP contribution in [0.3, 0.4) is 0 Å². The summed E-state index contributed by atoms with van der Waals surface area (Å²) in [6, 6.07) is 12.2. The second-order valence-electron chi connectivity index (χ2n) is 6.94. The molecule has 1 atom stereocenters. The van der Waals surface area contributed by atoms with Gasteiger partial charge in [-0.1, -0.05) is 48.5 Å². The van der Waals surface area contributed by atoms with Crippen molar-refractivity contribution in [3.05, 3.63) is 70.8 Å². The molecule has 29 heavy (non-hydrogen) atoms. The van der Waals surface area contributed by atoms with Crippen LogP contribution in [0.5, 0.6) is 0 Å². The summed E-state index contributed by atoms with van der Waals surface area (Å²) in [6.45, 7) is 0. The van der Waals surface area contributed by atoms with Crippen molar-refractivity contribution in [2.75, 3.05) is 0 Å². The van der Waals surface area contributed by atoms with Crippen molar-refractivity contribution < 1.29 is 39.5 Å². The van der Waals surface area contributed by atoms with Crippen LogP contribution in [0.2, 0.25) is 0 Å². The van der Waals surface area contributed by atoms with Gasteiger partial charge < -0.3 is 0 Å². The summed E-state index contributed by atoms with van der Waals surface area (Å²) < 4.78 is 122. The van der Waals surface area contributed by atoms with Crippen molar-refractivity contribution in [1.82, 2.24) is 0 Å². The maximum atomic E-state index is 14.8. The SMILES string of the molecule is FC(F)(F)C(F)(F)C(F)(F)C(F)(F)[C@@H]1SC2c3ccccc3C1c1ccccc12. The van der Waals surface area contributed by atoms with Crippen molar-refractivity contribution in [3.63, 3.8) is 0 Å². The molecule has 0 saturated carbocycles. The Kier molecular flexibility index (Phi) is 4.29. The monoisotopic (exact) mass is 442 g/mol. The molecule has 0 radical (unpaired) electrons. The number of alkyl halides is 9. The van der Waals surface area contributed by atoms with E-state index in [0.29, 0.717) is 22.9 Å². The Hall–Kier alpha value is -1.84. The van der Waals surface area contributed by atoms with Gasteiger partial charge in [-0.15, -0.1) is 11.8 Å².